The monoisotopic (exact) mass is 168 g/mol. The number of esters is 1. The molecule has 2 aliphatic rings. The molecule has 1 saturated carbocycles. The molecule has 0 aromatic heterocycles. The van der Waals surface area contributed by atoms with E-state index in [0.29, 0.717) is 5.92 Å². The van der Waals surface area contributed by atoms with Gasteiger partial charge in [0.1, 0.15) is 6.10 Å². The van der Waals surface area contributed by atoms with Gasteiger partial charge >= 0.3 is 5.97 Å². The van der Waals surface area contributed by atoms with Crippen LogP contribution in [0.2, 0.25) is 0 Å². The molecule has 0 aromatic carbocycles. The third kappa shape index (κ3) is 1.13. The molecule has 12 heavy (non-hydrogen) atoms. The maximum absolute atomic E-state index is 11.2. The summed E-state index contributed by atoms with van der Waals surface area (Å²) in [6.07, 6.45) is 3.78. The summed E-state index contributed by atoms with van der Waals surface area (Å²) in [5.74, 6) is 1.44. The maximum Gasteiger partial charge on any atom is 0.309 e. The van der Waals surface area contributed by atoms with Crippen molar-refractivity contribution in [2.24, 2.45) is 17.8 Å². The van der Waals surface area contributed by atoms with Crippen molar-refractivity contribution in [3.05, 3.63) is 0 Å². The van der Waals surface area contributed by atoms with Crippen LogP contribution in [0.25, 0.3) is 0 Å². The van der Waals surface area contributed by atoms with Crippen LogP contribution in [0.15, 0.2) is 0 Å². The summed E-state index contributed by atoms with van der Waals surface area (Å²) < 4.78 is 5.31. The lowest BCUT2D eigenvalue weighted by Gasteiger charge is -2.28. The largest absolute Gasteiger partial charge is 0.462 e. The van der Waals surface area contributed by atoms with Crippen LogP contribution < -0.4 is 0 Å². The SMILES string of the molecule is CC1C(=O)OC2C[C@H](C)CC[C@H]21. The Bertz CT molecular complexity index is 200. The van der Waals surface area contributed by atoms with Crippen LogP contribution in [-0.4, -0.2) is 12.1 Å². The molecule has 2 nitrogen and oxygen atoms in total. The molecule has 1 saturated heterocycles. The van der Waals surface area contributed by atoms with Gasteiger partial charge in [-0.05, 0) is 18.8 Å². The van der Waals surface area contributed by atoms with Gasteiger partial charge in [0.2, 0.25) is 0 Å². The zero-order valence-electron chi connectivity index (χ0n) is 7.75. The lowest BCUT2D eigenvalue weighted by Crippen LogP contribution is -2.27. The summed E-state index contributed by atoms with van der Waals surface area (Å²) >= 11 is 0. The van der Waals surface area contributed by atoms with E-state index >= 15 is 0 Å². The van der Waals surface area contributed by atoms with Crippen LogP contribution in [0.5, 0.6) is 0 Å². The van der Waals surface area contributed by atoms with Crippen molar-refractivity contribution in [3.63, 3.8) is 0 Å². The number of carbonyl (C=O) groups excluding carboxylic acids is 1. The number of fused-ring (bicyclic) bond motifs is 1. The second-order valence-electron chi connectivity index (χ2n) is 4.35. The maximum atomic E-state index is 11.2. The number of hydrogen-bond acceptors (Lipinski definition) is 2. The summed E-state index contributed by atoms with van der Waals surface area (Å²) in [5.41, 5.74) is 0. The molecule has 4 atom stereocenters. The normalized spacial score (nSPS) is 47.0. The quantitative estimate of drug-likeness (QED) is 0.517. The average molecular weight is 168 g/mol. The molecular weight excluding hydrogens is 152 g/mol. The van der Waals surface area contributed by atoms with E-state index in [1.807, 2.05) is 6.92 Å². The van der Waals surface area contributed by atoms with Crippen molar-refractivity contribution in [3.8, 4) is 0 Å². The van der Waals surface area contributed by atoms with Gasteiger partial charge in [0.15, 0.2) is 0 Å². The summed E-state index contributed by atoms with van der Waals surface area (Å²) in [7, 11) is 0. The van der Waals surface area contributed by atoms with Crippen molar-refractivity contribution < 1.29 is 9.53 Å². The van der Waals surface area contributed by atoms with Crippen molar-refractivity contribution in [1.29, 1.82) is 0 Å². The number of carbonyl (C=O) groups is 1. The third-order valence-electron chi connectivity index (χ3n) is 3.39. The molecule has 0 amide bonds. The Hall–Kier alpha value is -0.530. The Morgan fingerprint density at radius 2 is 2.08 bits per heavy atom. The third-order valence-corrected chi connectivity index (χ3v) is 3.39. The predicted octanol–water partition coefficient (Wildman–Crippen LogP) is 1.98. The molecule has 0 radical (unpaired) electrons. The van der Waals surface area contributed by atoms with Gasteiger partial charge in [-0.3, -0.25) is 4.79 Å². The Kier molecular flexibility index (Phi) is 1.85. The van der Waals surface area contributed by atoms with Gasteiger partial charge in [0.25, 0.3) is 0 Å². The van der Waals surface area contributed by atoms with Crippen LogP contribution in [-0.2, 0) is 9.53 Å². The van der Waals surface area contributed by atoms with Gasteiger partial charge < -0.3 is 4.74 Å². The van der Waals surface area contributed by atoms with Crippen molar-refractivity contribution in [2.75, 3.05) is 0 Å². The Balaban J connectivity index is 2.09. The molecular formula is C10H16O2. The van der Waals surface area contributed by atoms with E-state index in [1.54, 1.807) is 0 Å². The first kappa shape index (κ1) is 8.09. The van der Waals surface area contributed by atoms with Gasteiger partial charge in [0.05, 0.1) is 5.92 Å². The van der Waals surface area contributed by atoms with E-state index in [-0.39, 0.29) is 18.0 Å². The van der Waals surface area contributed by atoms with Crippen LogP contribution >= 0.6 is 0 Å². The highest BCUT2D eigenvalue weighted by Crippen LogP contribution is 2.40. The van der Waals surface area contributed by atoms with Gasteiger partial charge in [-0.25, -0.2) is 0 Å². The van der Waals surface area contributed by atoms with E-state index in [1.165, 1.54) is 12.8 Å². The van der Waals surface area contributed by atoms with Gasteiger partial charge in [-0.15, -0.1) is 0 Å². The predicted molar refractivity (Wildman–Crippen MR) is 45.5 cm³/mol. The lowest BCUT2D eigenvalue weighted by molar-refractivity contribution is -0.144. The zero-order valence-corrected chi connectivity index (χ0v) is 7.75. The lowest BCUT2D eigenvalue weighted by atomic mass is 9.77. The van der Waals surface area contributed by atoms with Crippen LogP contribution in [0.4, 0.5) is 0 Å². The second-order valence-corrected chi connectivity index (χ2v) is 4.35. The first-order valence-electron chi connectivity index (χ1n) is 4.89. The minimum Gasteiger partial charge on any atom is -0.462 e. The molecule has 1 heterocycles. The molecule has 0 aromatic rings. The van der Waals surface area contributed by atoms with Crippen LogP contribution in [0, 0.1) is 17.8 Å². The first-order chi connectivity index (χ1) is 5.68. The fourth-order valence-electron chi connectivity index (χ4n) is 2.49. The minimum absolute atomic E-state index is 0.0269. The molecule has 1 aliphatic heterocycles. The Morgan fingerprint density at radius 1 is 1.33 bits per heavy atom. The van der Waals surface area contributed by atoms with Gasteiger partial charge in [-0.1, -0.05) is 20.3 Å². The Morgan fingerprint density at radius 3 is 2.83 bits per heavy atom. The summed E-state index contributed by atoms with van der Waals surface area (Å²) in [6, 6.07) is 0. The van der Waals surface area contributed by atoms with E-state index in [4.69, 9.17) is 4.74 Å². The van der Waals surface area contributed by atoms with E-state index < -0.39 is 0 Å². The number of ether oxygens (including phenoxy) is 1. The first-order valence-corrected chi connectivity index (χ1v) is 4.89. The topological polar surface area (TPSA) is 26.3 Å². The van der Waals surface area contributed by atoms with Crippen LogP contribution in [0.1, 0.15) is 33.1 Å². The van der Waals surface area contributed by atoms with Gasteiger partial charge in [0, 0.05) is 5.92 Å². The average Bonchev–Trinajstić information content (AvgIpc) is 2.28. The summed E-state index contributed by atoms with van der Waals surface area (Å²) in [6.45, 7) is 4.25. The van der Waals surface area contributed by atoms with Crippen LogP contribution in [0.3, 0.4) is 0 Å². The standard InChI is InChI=1S/C10H16O2/c1-6-3-4-8-7(2)10(11)12-9(8)5-6/h6-9H,3-5H2,1-2H3/t6-,7?,8+,9?/m1/s1. The fraction of sp³-hybridized carbons (Fsp3) is 0.900. The van der Waals surface area contributed by atoms with Crippen molar-refractivity contribution >= 4 is 5.97 Å². The van der Waals surface area contributed by atoms with E-state index in [9.17, 15) is 4.79 Å². The van der Waals surface area contributed by atoms with E-state index in [2.05, 4.69) is 6.92 Å². The molecule has 2 heteroatoms. The highest BCUT2D eigenvalue weighted by atomic mass is 16.6. The molecule has 0 bridgehead atoms. The molecule has 0 spiro atoms. The summed E-state index contributed by atoms with van der Waals surface area (Å²) in [4.78, 5) is 11.2. The molecule has 2 rings (SSSR count). The molecule has 2 fully saturated rings. The van der Waals surface area contributed by atoms with E-state index in [0.717, 1.165) is 12.3 Å². The smallest absolute Gasteiger partial charge is 0.309 e. The fourth-order valence-corrected chi connectivity index (χ4v) is 2.49. The highest BCUT2D eigenvalue weighted by molar-refractivity contribution is 5.74. The minimum atomic E-state index is 0.0269. The van der Waals surface area contributed by atoms with Gasteiger partial charge in [-0.2, -0.15) is 0 Å². The second kappa shape index (κ2) is 2.75. The highest BCUT2D eigenvalue weighted by Gasteiger charge is 2.43. The summed E-state index contributed by atoms with van der Waals surface area (Å²) in [5, 5.41) is 0. The Labute approximate surface area is 73.3 Å². The molecule has 0 N–H and O–H groups in total. The zero-order chi connectivity index (χ0) is 8.72. The molecule has 68 valence electrons. The number of hydrogen-bond donors (Lipinski definition) is 0. The molecule has 1 aliphatic carbocycles. The van der Waals surface area contributed by atoms with Crippen molar-refractivity contribution in [2.45, 2.75) is 39.2 Å². The molecule has 2 unspecified atom stereocenters. The number of rotatable bonds is 0. The van der Waals surface area contributed by atoms with Crippen molar-refractivity contribution in [1.82, 2.24) is 0 Å².